The van der Waals surface area contributed by atoms with Crippen LogP contribution in [0.3, 0.4) is 0 Å². The maximum absolute atomic E-state index is 6.04. The van der Waals surface area contributed by atoms with Gasteiger partial charge in [-0.2, -0.15) is 0 Å². The first kappa shape index (κ1) is 13.8. The van der Waals surface area contributed by atoms with E-state index >= 15 is 0 Å². The summed E-state index contributed by atoms with van der Waals surface area (Å²) in [5.41, 5.74) is 4.41. The van der Waals surface area contributed by atoms with Crippen LogP contribution in [-0.4, -0.2) is 23.3 Å². The molecule has 1 aliphatic heterocycles. The van der Waals surface area contributed by atoms with Gasteiger partial charge in [0.1, 0.15) is 0 Å². The van der Waals surface area contributed by atoms with Gasteiger partial charge < -0.3 is 9.31 Å². The van der Waals surface area contributed by atoms with E-state index < -0.39 is 0 Å². The summed E-state index contributed by atoms with van der Waals surface area (Å²) in [5.74, 6) is 0. The summed E-state index contributed by atoms with van der Waals surface area (Å²) in [6.45, 7) is 8.26. The van der Waals surface area contributed by atoms with Crippen LogP contribution in [0.5, 0.6) is 0 Å². The lowest BCUT2D eigenvalue weighted by Gasteiger charge is -2.32. The molecular formula is C15H18BNO2S. The summed E-state index contributed by atoms with van der Waals surface area (Å²) in [6, 6.07) is 8.23. The topological polar surface area (TPSA) is 31.4 Å². The van der Waals surface area contributed by atoms with Crippen molar-refractivity contribution in [2.24, 2.45) is 0 Å². The van der Waals surface area contributed by atoms with Gasteiger partial charge in [0, 0.05) is 10.9 Å². The van der Waals surface area contributed by atoms with Crippen LogP contribution in [0.2, 0.25) is 0 Å². The predicted octanol–water partition coefficient (Wildman–Crippen LogP) is 3.11. The maximum Gasteiger partial charge on any atom is 0.494 e. The molecular weight excluding hydrogens is 269 g/mol. The first-order valence-electron chi connectivity index (χ1n) is 6.73. The van der Waals surface area contributed by atoms with E-state index in [0.717, 1.165) is 16.7 Å². The molecule has 104 valence electrons. The largest absolute Gasteiger partial charge is 0.494 e. The van der Waals surface area contributed by atoms with E-state index in [1.54, 1.807) is 11.3 Å². The average Bonchev–Trinajstić information content (AvgIpc) is 2.97. The number of benzene rings is 1. The number of rotatable bonds is 2. The molecule has 0 bridgehead atoms. The quantitative estimate of drug-likeness (QED) is 0.795. The minimum absolute atomic E-state index is 0.300. The van der Waals surface area contributed by atoms with Gasteiger partial charge in [-0.25, -0.2) is 4.98 Å². The Hall–Kier alpha value is -1.17. The van der Waals surface area contributed by atoms with Crippen LogP contribution in [0, 0.1) is 0 Å². The fourth-order valence-electron chi connectivity index (χ4n) is 2.15. The van der Waals surface area contributed by atoms with Crippen LogP contribution < -0.4 is 5.46 Å². The number of thiazole rings is 1. The highest BCUT2D eigenvalue weighted by atomic mass is 32.1. The van der Waals surface area contributed by atoms with E-state index in [2.05, 4.69) is 56.9 Å². The molecule has 0 amide bonds. The second-order valence-electron chi connectivity index (χ2n) is 6.08. The van der Waals surface area contributed by atoms with Crippen molar-refractivity contribution < 1.29 is 9.31 Å². The van der Waals surface area contributed by atoms with Crippen LogP contribution in [0.25, 0.3) is 11.3 Å². The molecule has 1 aromatic heterocycles. The van der Waals surface area contributed by atoms with Gasteiger partial charge in [0.2, 0.25) is 0 Å². The van der Waals surface area contributed by atoms with Gasteiger partial charge in [-0.1, -0.05) is 24.3 Å². The van der Waals surface area contributed by atoms with E-state index in [0.29, 0.717) is 0 Å². The monoisotopic (exact) mass is 287 g/mol. The number of hydrogen-bond acceptors (Lipinski definition) is 4. The second-order valence-corrected chi connectivity index (χ2v) is 6.80. The lowest BCUT2D eigenvalue weighted by atomic mass is 9.79. The molecule has 2 heterocycles. The Labute approximate surface area is 124 Å². The van der Waals surface area contributed by atoms with Crippen molar-refractivity contribution in [3.63, 3.8) is 0 Å². The van der Waals surface area contributed by atoms with Crippen LogP contribution >= 0.6 is 11.3 Å². The summed E-state index contributed by atoms with van der Waals surface area (Å²) in [6.07, 6.45) is 0. The first-order chi connectivity index (χ1) is 9.39. The SMILES string of the molecule is CC1(C)OB(c2ccc(-c3cscn3)cc2)OC1(C)C. The molecule has 0 atom stereocenters. The second kappa shape index (κ2) is 4.69. The third kappa shape index (κ3) is 2.30. The summed E-state index contributed by atoms with van der Waals surface area (Å²) < 4.78 is 12.1. The van der Waals surface area contributed by atoms with E-state index in [1.165, 1.54) is 0 Å². The highest BCUT2D eigenvalue weighted by Crippen LogP contribution is 2.36. The van der Waals surface area contributed by atoms with Gasteiger partial charge in [0.25, 0.3) is 0 Å². The van der Waals surface area contributed by atoms with Crippen molar-refractivity contribution in [2.75, 3.05) is 0 Å². The van der Waals surface area contributed by atoms with Gasteiger partial charge >= 0.3 is 7.12 Å². The molecule has 3 nitrogen and oxygen atoms in total. The minimum Gasteiger partial charge on any atom is -0.399 e. The third-order valence-electron chi connectivity index (χ3n) is 4.16. The molecule has 0 radical (unpaired) electrons. The van der Waals surface area contributed by atoms with Crippen molar-refractivity contribution in [3.05, 3.63) is 35.2 Å². The molecule has 5 heteroatoms. The summed E-state index contributed by atoms with van der Waals surface area (Å²) in [4.78, 5) is 4.32. The molecule has 1 saturated heterocycles. The van der Waals surface area contributed by atoms with Crippen molar-refractivity contribution in [1.29, 1.82) is 0 Å². The Morgan fingerprint density at radius 2 is 1.60 bits per heavy atom. The highest BCUT2D eigenvalue weighted by molar-refractivity contribution is 7.07. The fraction of sp³-hybridized carbons (Fsp3) is 0.400. The average molecular weight is 287 g/mol. The zero-order chi connectivity index (χ0) is 14.4. The number of hydrogen-bond donors (Lipinski definition) is 0. The van der Waals surface area contributed by atoms with Crippen LogP contribution in [0.4, 0.5) is 0 Å². The van der Waals surface area contributed by atoms with Gasteiger partial charge in [0.05, 0.1) is 22.4 Å². The summed E-state index contributed by atoms with van der Waals surface area (Å²) in [5, 5.41) is 2.05. The molecule has 1 aromatic carbocycles. The molecule has 0 saturated carbocycles. The molecule has 20 heavy (non-hydrogen) atoms. The van der Waals surface area contributed by atoms with E-state index in [-0.39, 0.29) is 18.3 Å². The van der Waals surface area contributed by atoms with E-state index in [4.69, 9.17) is 9.31 Å². The summed E-state index contributed by atoms with van der Waals surface area (Å²) >= 11 is 1.60. The predicted molar refractivity (Wildman–Crippen MR) is 83.3 cm³/mol. The Morgan fingerprint density at radius 3 is 2.10 bits per heavy atom. The molecule has 3 rings (SSSR count). The number of nitrogens with zero attached hydrogens (tertiary/aromatic N) is 1. The number of aromatic nitrogens is 1. The normalized spacial score (nSPS) is 20.3. The molecule has 0 aliphatic carbocycles. The Balaban J connectivity index is 1.83. The zero-order valence-corrected chi connectivity index (χ0v) is 13.0. The van der Waals surface area contributed by atoms with Crippen molar-refractivity contribution in [2.45, 2.75) is 38.9 Å². The Bertz CT molecular complexity index is 577. The molecule has 2 aromatic rings. The summed E-state index contributed by atoms with van der Waals surface area (Å²) in [7, 11) is -0.301. The molecule has 0 N–H and O–H groups in total. The first-order valence-corrected chi connectivity index (χ1v) is 7.67. The lowest BCUT2D eigenvalue weighted by Crippen LogP contribution is -2.41. The van der Waals surface area contributed by atoms with Gasteiger partial charge in [0.15, 0.2) is 0 Å². The smallest absolute Gasteiger partial charge is 0.399 e. The lowest BCUT2D eigenvalue weighted by molar-refractivity contribution is 0.00578. The van der Waals surface area contributed by atoms with E-state index in [1.807, 2.05) is 10.9 Å². The van der Waals surface area contributed by atoms with Gasteiger partial charge in [-0.3, -0.25) is 0 Å². The zero-order valence-electron chi connectivity index (χ0n) is 12.2. The molecule has 0 unspecified atom stereocenters. The van der Waals surface area contributed by atoms with Crippen molar-refractivity contribution in [1.82, 2.24) is 4.98 Å². The van der Waals surface area contributed by atoms with Crippen LogP contribution in [0.15, 0.2) is 35.2 Å². The van der Waals surface area contributed by atoms with Crippen molar-refractivity contribution >= 4 is 23.9 Å². The van der Waals surface area contributed by atoms with Crippen LogP contribution in [-0.2, 0) is 9.31 Å². The Kier molecular flexibility index (Phi) is 3.24. The van der Waals surface area contributed by atoms with Crippen LogP contribution in [0.1, 0.15) is 27.7 Å². The minimum atomic E-state index is -0.301. The molecule has 0 spiro atoms. The third-order valence-corrected chi connectivity index (χ3v) is 4.75. The van der Waals surface area contributed by atoms with Gasteiger partial charge in [-0.15, -0.1) is 11.3 Å². The van der Waals surface area contributed by atoms with Crippen molar-refractivity contribution in [3.8, 4) is 11.3 Å². The Morgan fingerprint density at radius 1 is 1.00 bits per heavy atom. The highest BCUT2D eigenvalue weighted by Gasteiger charge is 2.51. The molecule has 1 fully saturated rings. The maximum atomic E-state index is 6.04. The fourth-order valence-corrected chi connectivity index (χ4v) is 2.71. The van der Waals surface area contributed by atoms with Gasteiger partial charge in [-0.05, 0) is 33.2 Å². The molecule has 1 aliphatic rings. The van der Waals surface area contributed by atoms with E-state index in [9.17, 15) is 0 Å². The standard InChI is InChI=1S/C15H18BNO2S/c1-14(2)15(3,4)19-16(18-14)12-7-5-11(6-8-12)13-9-20-10-17-13/h5-10H,1-4H3.